The van der Waals surface area contributed by atoms with Gasteiger partial charge in [0.05, 0.1) is 5.33 Å². The largest absolute Gasteiger partial charge is 0.448 e. The summed E-state index contributed by atoms with van der Waals surface area (Å²) in [5.41, 5.74) is 0.243. The number of carbonyl (C=O) groups is 1. The van der Waals surface area contributed by atoms with Crippen molar-refractivity contribution in [3.05, 3.63) is 17.8 Å². The minimum Gasteiger partial charge on any atom is -0.448 e. The summed E-state index contributed by atoms with van der Waals surface area (Å²) in [4.78, 5) is 15.3. The zero-order chi connectivity index (χ0) is 10.1. The molecule has 0 aromatic carbocycles. The Morgan fingerprint density at radius 2 is 2.23 bits per heavy atom. The second-order valence-corrected chi connectivity index (χ2v) is 4.41. The summed E-state index contributed by atoms with van der Waals surface area (Å²) in [7, 11) is 0. The fourth-order valence-electron chi connectivity index (χ4n) is 0.815. The Hall–Kier alpha value is -0.640. The molecule has 0 N–H and O–H groups in total. The molecule has 0 aliphatic heterocycles. The van der Waals surface area contributed by atoms with Crippen molar-refractivity contribution in [2.75, 3.05) is 5.33 Å². The molecule has 1 heterocycles. The molecule has 0 atom stereocenters. The first-order valence-electron chi connectivity index (χ1n) is 4.00. The van der Waals surface area contributed by atoms with E-state index in [-0.39, 0.29) is 16.5 Å². The smallest absolute Gasteiger partial charge is 0.200 e. The summed E-state index contributed by atoms with van der Waals surface area (Å²) in [6.07, 6.45) is 1.41. The summed E-state index contributed by atoms with van der Waals surface area (Å²) in [6, 6.07) is 0. The molecule has 0 aliphatic rings. The molecule has 72 valence electrons. The fourth-order valence-corrected chi connectivity index (χ4v) is 1.10. The standard InChI is InChI=1S/C9H12BrNO2/c1-9(2,3)8-11-6(5-13-8)7(12)4-10/h5H,4H2,1-3H3. The van der Waals surface area contributed by atoms with Crippen LogP contribution in [-0.2, 0) is 5.41 Å². The maximum absolute atomic E-state index is 11.2. The summed E-state index contributed by atoms with van der Waals surface area (Å²) < 4.78 is 5.20. The van der Waals surface area contributed by atoms with E-state index in [2.05, 4.69) is 20.9 Å². The molecule has 0 saturated heterocycles. The van der Waals surface area contributed by atoms with Gasteiger partial charge in [-0.1, -0.05) is 36.7 Å². The van der Waals surface area contributed by atoms with Crippen molar-refractivity contribution < 1.29 is 9.21 Å². The van der Waals surface area contributed by atoms with Gasteiger partial charge >= 0.3 is 0 Å². The van der Waals surface area contributed by atoms with Crippen LogP contribution < -0.4 is 0 Å². The highest BCUT2D eigenvalue weighted by Crippen LogP contribution is 2.21. The van der Waals surface area contributed by atoms with Gasteiger partial charge in [-0.2, -0.15) is 0 Å². The van der Waals surface area contributed by atoms with Crippen LogP contribution in [-0.4, -0.2) is 16.1 Å². The summed E-state index contributed by atoms with van der Waals surface area (Å²) in [6.45, 7) is 5.96. The van der Waals surface area contributed by atoms with Crippen LogP contribution in [0.3, 0.4) is 0 Å². The molecular weight excluding hydrogens is 234 g/mol. The molecule has 1 rings (SSSR count). The third-order valence-corrected chi connectivity index (χ3v) is 2.06. The molecule has 0 spiro atoms. The Morgan fingerprint density at radius 3 is 2.62 bits per heavy atom. The van der Waals surface area contributed by atoms with Crippen molar-refractivity contribution >= 4 is 21.7 Å². The van der Waals surface area contributed by atoms with E-state index in [1.54, 1.807) is 0 Å². The van der Waals surface area contributed by atoms with E-state index in [1.807, 2.05) is 20.8 Å². The number of hydrogen-bond acceptors (Lipinski definition) is 3. The number of Topliss-reactive ketones (excluding diaryl/α,β-unsaturated/α-hetero) is 1. The molecule has 1 aromatic rings. The van der Waals surface area contributed by atoms with Gasteiger partial charge in [0.15, 0.2) is 11.7 Å². The van der Waals surface area contributed by atoms with E-state index in [0.29, 0.717) is 11.6 Å². The lowest BCUT2D eigenvalue weighted by Gasteiger charge is -2.11. The number of nitrogens with zero attached hydrogens (tertiary/aromatic N) is 1. The van der Waals surface area contributed by atoms with Gasteiger partial charge in [-0.3, -0.25) is 4.79 Å². The van der Waals surface area contributed by atoms with Crippen LogP contribution in [0, 0.1) is 0 Å². The number of aromatic nitrogens is 1. The van der Waals surface area contributed by atoms with Gasteiger partial charge in [0, 0.05) is 5.41 Å². The lowest BCUT2D eigenvalue weighted by atomic mass is 9.97. The number of alkyl halides is 1. The zero-order valence-corrected chi connectivity index (χ0v) is 9.51. The number of halogens is 1. The predicted octanol–water partition coefficient (Wildman–Crippen LogP) is 2.55. The highest BCUT2D eigenvalue weighted by molar-refractivity contribution is 9.09. The highest BCUT2D eigenvalue weighted by Gasteiger charge is 2.21. The van der Waals surface area contributed by atoms with E-state index >= 15 is 0 Å². The molecule has 0 fully saturated rings. The van der Waals surface area contributed by atoms with Gasteiger partial charge in [0.1, 0.15) is 12.0 Å². The minimum atomic E-state index is -0.148. The monoisotopic (exact) mass is 245 g/mol. The second kappa shape index (κ2) is 3.62. The first-order valence-corrected chi connectivity index (χ1v) is 5.12. The lowest BCUT2D eigenvalue weighted by Crippen LogP contribution is -2.12. The van der Waals surface area contributed by atoms with Crippen LogP contribution in [0.2, 0.25) is 0 Å². The molecule has 0 aliphatic carbocycles. The molecular formula is C9H12BrNO2. The number of hydrogen-bond donors (Lipinski definition) is 0. The number of carbonyl (C=O) groups excluding carboxylic acids is 1. The van der Waals surface area contributed by atoms with Gasteiger partial charge < -0.3 is 4.42 Å². The molecule has 0 amide bonds. The molecule has 0 radical (unpaired) electrons. The SMILES string of the molecule is CC(C)(C)c1nc(C(=O)CBr)co1. The Bertz CT molecular complexity index is 312. The van der Waals surface area contributed by atoms with Crippen molar-refractivity contribution in [2.45, 2.75) is 26.2 Å². The normalized spacial score (nSPS) is 11.7. The highest BCUT2D eigenvalue weighted by atomic mass is 79.9. The molecule has 3 nitrogen and oxygen atoms in total. The van der Waals surface area contributed by atoms with E-state index < -0.39 is 0 Å². The Labute approximate surface area is 85.7 Å². The molecule has 13 heavy (non-hydrogen) atoms. The van der Waals surface area contributed by atoms with Gasteiger partial charge in [0.2, 0.25) is 0 Å². The summed E-state index contributed by atoms with van der Waals surface area (Å²) >= 11 is 3.08. The van der Waals surface area contributed by atoms with Crippen LogP contribution in [0.25, 0.3) is 0 Å². The lowest BCUT2D eigenvalue weighted by molar-refractivity contribution is 0.101. The second-order valence-electron chi connectivity index (χ2n) is 3.84. The number of oxazole rings is 1. The fraction of sp³-hybridized carbons (Fsp3) is 0.556. The quantitative estimate of drug-likeness (QED) is 0.594. The van der Waals surface area contributed by atoms with Gasteiger partial charge in [0.25, 0.3) is 0 Å². The summed E-state index contributed by atoms with van der Waals surface area (Å²) in [5.74, 6) is 0.538. The van der Waals surface area contributed by atoms with Crippen molar-refractivity contribution in [1.29, 1.82) is 0 Å². The minimum absolute atomic E-state index is 0.0562. The van der Waals surface area contributed by atoms with Crippen LogP contribution in [0.1, 0.15) is 37.2 Å². The van der Waals surface area contributed by atoms with Gasteiger partial charge in [-0.05, 0) is 0 Å². The topological polar surface area (TPSA) is 43.1 Å². The van der Waals surface area contributed by atoms with Crippen LogP contribution in [0.4, 0.5) is 0 Å². The van der Waals surface area contributed by atoms with Crippen molar-refractivity contribution in [3.63, 3.8) is 0 Å². The van der Waals surface area contributed by atoms with Gasteiger partial charge in [-0.25, -0.2) is 4.98 Å². The van der Waals surface area contributed by atoms with Gasteiger partial charge in [-0.15, -0.1) is 0 Å². The van der Waals surface area contributed by atoms with E-state index in [0.717, 1.165) is 0 Å². The number of rotatable bonds is 2. The molecule has 0 saturated carbocycles. The Balaban J connectivity index is 2.93. The maximum atomic E-state index is 11.2. The molecule has 0 bridgehead atoms. The van der Waals surface area contributed by atoms with Crippen LogP contribution in [0.15, 0.2) is 10.7 Å². The number of ketones is 1. The first-order chi connectivity index (χ1) is 5.95. The van der Waals surface area contributed by atoms with E-state index in [1.165, 1.54) is 6.26 Å². The van der Waals surface area contributed by atoms with Crippen molar-refractivity contribution in [2.24, 2.45) is 0 Å². The Morgan fingerprint density at radius 1 is 1.62 bits per heavy atom. The van der Waals surface area contributed by atoms with E-state index in [4.69, 9.17) is 4.42 Å². The predicted molar refractivity (Wildman–Crippen MR) is 53.3 cm³/mol. The van der Waals surface area contributed by atoms with Crippen LogP contribution in [0.5, 0.6) is 0 Å². The molecule has 4 heteroatoms. The Kier molecular flexibility index (Phi) is 2.91. The van der Waals surface area contributed by atoms with Crippen molar-refractivity contribution in [3.8, 4) is 0 Å². The van der Waals surface area contributed by atoms with E-state index in [9.17, 15) is 4.79 Å². The summed E-state index contributed by atoms with van der Waals surface area (Å²) in [5, 5.41) is 0.281. The maximum Gasteiger partial charge on any atom is 0.200 e. The molecule has 1 aromatic heterocycles. The third-order valence-electron chi connectivity index (χ3n) is 1.55. The first kappa shape index (κ1) is 10.4. The zero-order valence-electron chi connectivity index (χ0n) is 7.93. The molecule has 0 unspecified atom stereocenters. The van der Waals surface area contributed by atoms with Crippen LogP contribution >= 0.6 is 15.9 Å². The average molecular weight is 246 g/mol. The van der Waals surface area contributed by atoms with Crippen molar-refractivity contribution in [1.82, 2.24) is 4.98 Å². The third kappa shape index (κ3) is 2.40. The average Bonchev–Trinajstić information content (AvgIpc) is 2.50.